The molecule has 1 aliphatic rings. The summed E-state index contributed by atoms with van der Waals surface area (Å²) in [5.74, 6) is 0. The van der Waals surface area contributed by atoms with E-state index in [-0.39, 0.29) is 6.10 Å². The number of aliphatic hydroxyl groups is 1. The van der Waals surface area contributed by atoms with Crippen molar-refractivity contribution in [1.29, 1.82) is 0 Å². The molecule has 0 amide bonds. The molecule has 1 saturated heterocycles. The molecule has 1 aromatic rings. The molecule has 1 aromatic heterocycles. The largest absolute Gasteiger partial charge is 0.392 e. The molecule has 1 fully saturated rings. The van der Waals surface area contributed by atoms with Crippen LogP contribution < -0.4 is 0 Å². The molecule has 13 heavy (non-hydrogen) atoms. The summed E-state index contributed by atoms with van der Waals surface area (Å²) in [6.45, 7) is 0.763. The van der Waals surface area contributed by atoms with Crippen molar-refractivity contribution in [2.45, 2.75) is 18.6 Å². The predicted octanol–water partition coefficient (Wildman–Crippen LogP) is 0.819. The first-order valence-corrected chi connectivity index (χ1v) is 4.55. The molecule has 1 aliphatic heterocycles. The second-order valence-corrected chi connectivity index (χ2v) is 3.63. The van der Waals surface area contributed by atoms with E-state index in [0.717, 1.165) is 13.0 Å². The number of hydrogen-bond acceptors (Lipinski definition) is 3. The van der Waals surface area contributed by atoms with Gasteiger partial charge in [-0.1, -0.05) is 6.07 Å². The Morgan fingerprint density at radius 1 is 1.62 bits per heavy atom. The highest BCUT2D eigenvalue weighted by molar-refractivity contribution is 5.15. The van der Waals surface area contributed by atoms with Crippen LogP contribution in [0.3, 0.4) is 0 Å². The Balaban J connectivity index is 2.18. The number of likely N-dealkylation sites (tertiary alicyclic amines) is 1. The van der Waals surface area contributed by atoms with Gasteiger partial charge in [-0.3, -0.25) is 9.88 Å². The van der Waals surface area contributed by atoms with Gasteiger partial charge in [0.05, 0.1) is 6.10 Å². The molecule has 0 spiro atoms. The lowest BCUT2D eigenvalue weighted by Gasteiger charge is -2.18. The lowest BCUT2D eigenvalue weighted by atomic mass is 10.1. The van der Waals surface area contributed by atoms with Crippen LogP contribution in [-0.4, -0.2) is 34.7 Å². The number of aliphatic hydroxyl groups excluding tert-OH is 1. The number of β-amino-alcohol motifs (C(OH)–C–C–N with tert-alkyl or cyclic N) is 1. The molecule has 0 unspecified atom stereocenters. The van der Waals surface area contributed by atoms with E-state index in [2.05, 4.69) is 16.0 Å². The van der Waals surface area contributed by atoms with Gasteiger partial charge in [-0.25, -0.2) is 0 Å². The number of pyridine rings is 1. The van der Waals surface area contributed by atoms with Crippen LogP contribution in [0.2, 0.25) is 0 Å². The zero-order chi connectivity index (χ0) is 9.26. The van der Waals surface area contributed by atoms with Crippen molar-refractivity contribution in [3.05, 3.63) is 30.1 Å². The van der Waals surface area contributed by atoms with Gasteiger partial charge in [-0.05, 0) is 25.1 Å². The average Bonchev–Trinajstić information content (AvgIpc) is 2.47. The van der Waals surface area contributed by atoms with Crippen LogP contribution in [0, 0.1) is 0 Å². The third-order valence-electron chi connectivity index (χ3n) is 2.60. The first-order valence-electron chi connectivity index (χ1n) is 4.55. The van der Waals surface area contributed by atoms with E-state index in [9.17, 15) is 5.11 Å². The standard InChI is InChI=1S/C10H14N2O/c1-12-7-9(13)5-10(12)8-3-2-4-11-6-8/h2-4,6,9-10,13H,5,7H2,1H3/t9-,10-/m0/s1. The van der Waals surface area contributed by atoms with Crippen LogP contribution in [0.25, 0.3) is 0 Å². The minimum Gasteiger partial charge on any atom is -0.392 e. The fraction of sp³-hybridized carbons (Fsp3) is 0.500. The Bertz CT molecular complexity index is 276. The van der Waals surface area contributed by atoms with Crippen molar-refractivity contribution in [3.63, 3.8) is 0 Å². The van der Waals surface area contributed by atoms with Gasteiger partial charge >= 0.3 is 0 Å². The minimum absolute atomic E-state index is 0.185. The third kappa shape index (κ3) is 1.71. The highest BCUT2D eigenvalue weighted by Gasteiger charge is 2.28. The molecule has 1 N–H and O–H groups in total. The normalized spacial score (nSPS) is 29.4. The molecular weight excluding hydrogens is 164 g/mol. The Morgan fingerprint density at radius 3 is 3.00 bits per heavy atom. The van der Waals surface area contributed by atoms with E-state index in [0.29, 0.717) is 6.04 Å². The maximum Gasteiger partial charge on any atom is 0.0685 e. The molecule has 0 saturated carbocycles. The van der Waals surface area contributed by atoms with Gasteiger partial charge in [0, 0.05) is 25.0 Å². The summed E-state index contributed by atoms with van der Waals surface area (Å²) in [7, 11) is 2.04. The number of hydrogen-bond donors (Lipinski definition) is 1. The number of nitrogens with zero attached hydrogens (tertiary/aromatic N) is 2. The van der Waals surface area contributed by atoms with Gasteiger partial charge < -0.3 is 5.11 Å². The van der Waals surface area contributed by atoms with Gasteiger partial charge in [0.1, 0.15) is 0 Å². The van der Waals surface area contributed by atoms with E-state index in [1.165, 1.54) is 5.56 Å². The van der Waals surface area contributed by atoms with Crippen molar-refractivity contribution in [1.82, 2.24) is 9.88 Å². The van der Waals surface area contributed by atoms with E-state index in [1.807, 2.05) is 19.3 Å². The smallest absolute Gasteiger partial charge is 0.0685 e. The maximum atomic E-state index is 9.47. The van der Waals surface area contributed by atoms with Crippen LogP contribution >= 0.6 is 0 Å². The first kappa shape index (κ1) is 8.66. The molecule has 2 heterocycles. The summed E-state index contributed by atoms with van der Waals surface area (Å²) in [6, 6.07) is 4.34. The molecule has 2 rings (SSSR count). The number of likely N-dealkylation sites (N-methyl/N-ethyl adjacent to an activating group) is 1. The maximum absolute atomic E-state index is 9.47. The van der Waals surface area contributed by atoms with Crippen LogP contribution in [0.4, 0.5) is 0 Å². The summed E-state index contributed by atoms with van der Waals surface area (Å²) in [4.78, 5) is 6.25. The Labute approximate surface area is 78.0 Å². The second-order valence-electron chi connectivity index (χ2n) is 3.63. The highest BCUT2D eigenvalue weighted by atomic mass is 16.3. The summed E-state index contributed by atoms with van der Waals surface area (Å²) < 4.78 is 0. The zero-order valence-corrected chi connectivity index (χ0v) is 7.72. The lowest BCUT2D eigenvalue weighted by Crippen LogP contribution is -2.19. The lowest BCUT2D eigenvalue weighted by molar-refractivity contribution is 0.182. The molecule has 3 nitrogen and oxygen atoms in total. The molecular formula is C10H14N2O. The van der Waals surface area contributed by atoms with Crippen LogP contribution in [0.5, 0.6) is 0 Å². The third-order valence-corrected chi connectivity index (χ3v) is 2.60. The summed E-state index contributed by atoms with van der Waals surface area (Å²) in [5, 5.41) is 9.47. The molecule has 2 atom stereocenters. The van der Waals surface area contributed by atoms with Crippen LogP contribution in [0.1, 0.15) is 18.0 Å². The fourth-order valence-electron chi connectivity index (χ4n) is 1.94. The van der Waals surface area contributed by atoms with Gasteiger partial charge in [0.25, 0.3) is 0 Å². The molecule has 3 heteroatoms. The quantitative estimate of drug-likeness (QED) is 0.691. The highest BCUT2D eigenvalue weighted by Crippen LogP contribution is 2.29. The first-order chi connectivity index (χ1) is 6.27. The minimum atomic E-state index is -0.185. The van der Waals surface area contributed by atoms with Crippen molar-refractivity contribution in [3.8, 4) is 0 Å². The van der Waals surface area contributed by atoms with Crippen LogP contribution in [-0.2, 0) is 0 Å². The predicted molar refractivity (Wildman–Crippen MR) is 50.2 cm³/mol. The van der Waals surface area contributed by atoms with Crippen molar-refractivity contribution >= 4 is 0 Å². The summed E-state index contributed by atoms with van der Waals surface area (Å²) in [6.07, 6.45) is 4.28. The van der Waals surface area contributed by atoms with Crippen molar-refractivity contribution in [2.24, 2.45) is 0 Å². The Kier molecular flexibility index (Phi) is 2.29. The molecule has 70 valence electrons. The van der Waals surface area contributed by atoms with Gasteiger partial charge in [-0.2, -0.15) is 0 Å². The second kappa shape index (κ2) is 3.44. The van der Waals surface area contributed by atoms with Gasteiger partial charge in [-0.15, -0.1) is 0 Å². The molecule has 0 aromatic carbocycles. The van der Waals surface area contributed by atoms with E-state index in [4.69, 9.17) is 0 Å². The summed E-state index contributed by atoms with van der Waals surface area (Å²) in [5.41, 5.74) is 1.20. The zero-order valence-electron chi connectivity index (χ0n) is 7.72. The van der Waals surface area contributed by atoms with Crippen LogP contribution in [0.15, 0.2) is 24.5 Å². The topological polar surface area (TPSA) is 36.4 Å². The molecule has 0 bridgehead atoms. The molecule has 0 aliphatic carbocycles. The van der Waals surface area contributed by atoms with Crippen molar-refractivity contribution in [2.75, 3.05) is 13.6 Å². The summed E-state index contributed by atoms with van der Waals surface area (Å²) >= 11 is 0. The molecule has 0 radical (unpaired) electrons. The Hall–Kier alpha value is -0.930. The van der Waals surface area contributed by atoms with Gasteiger partial charge in [0.15, 0.2) is 0 Å². The SMILES string of the molecule is CN1C[C@@H](O)C[C@H]1c1cccnc1. The van der Waals surface area contributed by atoms with E-state index in [1.54, 1.807) is 6.20 Å². The van der Waals surface area contributed by atoms with E-state index >= 15 is 0 Å². The number of rotatable bonds is 1. The van der Waals surface area contributed by atoms with Crippen molar-refractivity contribution < 1.29 is 5.11 Å². The van der Waals surface area contributed by atoms with E-state index < -0.39 is 0 Å². The monoisotopic (exact) mass is 178 g/mol. The Morgan fingerprint density at radius 2 is 2.46 bits per heavy atom. The van der Waals surface area contributed by atoms with Gasteiger partial charge in [0.2, 0.25) is 0 Å². The fourth-order valence-corrected chi connectivity index (χ4v) is 1.94. The number of aromatic nitrogens is 1. The average molecular weight is 178 g/mol.